The molecule has 0 aliphatic heterocycles. The molecule has 21 heavy (non-hydrogen) atoms. The highest BCUT2D eigenvalue weighted by molar-refractivity contribution is 5.33. The Balaban J connectivity index is 1.78. The average molecular weight is 292 g/mol. The molecule has 3 atom stereocenters. The predicted molar refractivity (Wildman–Crippen MR) is 82.0 cm³/mol. The molecule has 1 aliphatic carbocycles. The summed E-state index contributed by atoms with van der Waals surface area (Å²) in [6, 6.07) is 6.10. The fraction of sp³-hybridized carbons (Fsp3) is 0.625. The van der Waals surface area contributed by atoms with E-state index in [0.717, 1.165) is 12.5 Å². The van der Waals surface area contributed by atoms with Gasteiger partial charge < -0.3 is 10.4 Å². The molecule has 1 saturated carbocycles. The van der Waals surface area contributed by atoms with E-state index in [0.29, 0.717) is 18.0 Å². The van der Waals surface area contributed by atoms with Crippen LogP contribution in [0.4, 0.5) is 5.69 Å². The summed E-state index contributed by atoms with van der Waals surface area (Å²) in [5.74, 6) is 1.45. The van der Waals surface area contributed by atoms with Gasteiger partial charge in [-0.1, -0.05) is 26.2 Å². The van der Waals surface area contributed by atoms with E-state index in [-0.39, 0.29) is 5.69 Å². The van der Waals surface area contributed by atoms with Gasteiger partial charge in [0.1, 0.15) is 0 Å². The Hall–Kier alpha value is -1.46. The van der Waals surface area contributed by atoms with Crippen molar-refractivity contribution in [2.45, 2.75) is 38.7 Å². The summed E-state index contributed by atoms with van der Waals surface area (Å²) in [4.78, 5) is 10.2. The second kappa shape index (κ2) is 7.52. The number of hydrogen-bond acceptors (Lipinski definition) is 4. The first kappa shape index (κ1) is 15.9. The van der Waals surface area contributed by atoms with Crippen LogP contribution >= 0.6 is 0 Å². The first-order valence-electron chi connectivity index (χ1n) is 7.71. The zero-order chi connectivity index (χ0) is 15.2. The summed E-state index contributed by atoms with van der Waals surface area (Å²) in [5, 5.41) is 24.0. The molecule has 1 aromatic carbocycles. The molecule has 0 aromatic heterocycles. The molecule has 0 bridgehead atoms. The number of aliphatic hydroxyl groups is 1. The quantitative estimate of drug-likeness (QED) is 0.624. The number of nitrogens with zero attached hydrogens (tertiary/aromatic N) is 1. The number of nitro benzene ring substituents is 1. The first-order chi connectivity index (χ1) is 10.1. The third-order valence-corrected chi connectivity index (χ3v) is 4.52. The molecule has 0 saturated heterocycles. The molecule has 2 rings (SSSR count). The maximum atomic E-state index is 10.6. The van der Waals surface area contributed by atoms with E-state index in [1.807, 2.05) is 0 Å². The van der Waals surface area contributed by atoms with E-state index in [1.165, 1.54) is 37.8 Å². The monoisotopic (exact) mass is 292 g/mol. The summed E-state index contributed by atoms with van der Waals surface area (Å²) in [6.45, 7) is 3.73. The molecule has 1 aromatic rings. The van der Waals surface area contributed by atoms with Crippen molar-refractivity contribution in [1.29, 1.82) is 0 Å². The lowest BCUT2D eigenvalue weighted by molar-refractivity contribution is -0.384. The van der Waals surface area contributed by atoms with Gasteiger partial charge >= 0.3 is 0 Å². The summed E-state index contributed by atoms with van der Waals surface area (Å²) in [7, 11) is 0. The Morgan fingerprint density at radius 1 is 1.33 bits per heavy atom. The summed E-state index contributed by atoms with van der Waals surface area (Å²) >= 11 is 0. The maximum Gasteiger partial charge on any atom is 0.269 e. The number of non-ortho nitro benzene ring substituents is 1. The largest absolute Gasteiger partial charge is 0.387 e. The summed E-state index contributed by atoms with van der Waals surface area (Å²) in [5.41, 5.74) is 0.764. The van der Waals surface area contributed by atoms with Crippen molar-refractivity contribution >= 4 is 5.69 Å². The maximum absolute atomic E-state index is 10.6. The third kappa shape index (κ3) is 4.51. The van der Waals surface area contributed by atoms with E-state index < -0.39 is 11.0 Å². The lowest BCUT2D eigenvalue weighted by Gasteiger charge is -2.29. The molecule has 1 fully saturated rings. The molecule has 3 unspecified atom stereocenters. The van der Waals surface area contributed by atoms with E-state index >= 15 is 0 Å². The fourth-order valence-electron chi connectivity index (χ4n) is 3.04. The van der Waals surface area contributed by atoms with Gasteiger partial charge in [-0.3, -0.25) is 10.1 Å². The van der Waals surface area contributed by atoms with Crippen LogP contribution in [0.15, 0.2) is 24.3 Å². The molecule has 5 nitrogen and oxygen atoms in total. The summed E-state index contributed by atoms with van der Waals surface area (Å²) in [6.07, 6.45) is 4.59. The van der Waals surface area contributed by atoms with Gasteiger partial charge in [-0.25, -0.2) is 0 Å². The molecular weight excluding hydrogens is 268 g/mol. The number of rotatable bonds is 6. The Morgan fingerprint density at radius 2 is 2.00 bits per heavy atom. The van der Waals surface area contributed by atoms with Crippen LogP contribution in [-0.2, 0) is 0 Å². The second-order valence-electron chi connectivity index (χ2n) is 6.04. The fourth-order valence-corrected chi connectivity index (χ4v) is 3.04. The number of hydrogen-bond donors (Lipinski definition) is 2. The van der Waals surface area contributed by atoms with Gasteiger partial charge in [0.2, 0.25) is 0 Å². The van der Waals surface area contributed by atoms with Crippen LogP contribution in [0.2, 0.25) is 0 Å². The standard InChI is InChI=1S/C16H24N2O3/c1-12-4-2-3-5-14(12)10-17-11-16(19)13-6-8-15(9-7-13)18(20)21/h6-9,12,14,16-17,19H,2-5,10-11H2,1H3. The predicted octanol–water partition coefficient (Wildman–Crippen LogP) is 3.04. The van der Waals surface area contributed by atoms with E-state index in [2.05, 4.69) is 12.2 Å². The second-order valence-corrected chi connectivity index (χ2v) is 6.04. The molecule has 116 valence electrons. The van der Waals surface area contributed by atoms with Gasteiger partial charge in [-0.15, -0.1) is 0 Å². The zero-order valence-electron chi connectivity index (χ0n) is 12.5. The van der Waals surface area contributed by atoms with Crippen molar-refractivity contribution in [3.05, 3.63) is 39.9 Å². The van der Waals surface area contributed by atoms with Gasteiger partial charge in [0.15, 0.2) is 0 Å². The Labute approximate surface area is 125 Å². The van der Waals surface area contributed by atoms with Gasteiger partial charge in [0, 0.05) is 18.7 Å². The van der Waals surface area contributed by atoms with E-state index in [1.54, 1.807) is 12.1 Å². The number of benzene rings is 1. The number of aliphatic hydroxyl groups excluding tert-OH is 1. The molecule has 0 heterocycles. The molecule has 1 aliphatic rings. The highest BCUT2D eigenvalue weighted by Gasteiger charge is 2.21. The Kier molecular flexibility index (Phi) is 5.70. The minimum absolute atomic E-state index is 0.0509. The third-order valence-electron chi connectivity index (χ3n) is 4.52. The van der Waals surface area contributed by atoms with Crippen LogP contribution in [0, 0.1) is 22.0 Å². The first-order valence-corrected chi connectivity index (χ1v) is 7.71. The molecule has 5 heteroatoms. The van der Waals surface area contributed by atoms with Crippen molar-refractivity contribution < 1.29 is 10.0 Å². The van der Waals surface area contributed by atoms with E-state index in [9.17, 15) is 15.2 Å². The summed E-state index contributed by atoms with van der Waals surface area (Å²) < 4.78 is 0. The molecule has 2 N–H and O–H groups in total. The van der Waals surface area contributed by atoms with Gasteiger partial charge in [-0.05, 0) is 42.5 Å². The highest BCUT2D eigenvalue weighted by atomic mass is 16.6. The van der Waals surface area contributed by atoms with Crippen LogP contribution in [0.3, 0.4) is 0 Å². The lowest BCUT2D eigenvalue weighted by Crippen LogP contribution is -2.31. The van der Waals surface area contributed by atoms with Crippen LogP contribution < -0.4 is 5.32 Å². The minimum atomic E-state index is -0.621. The molecular formula is C16H24N2O3. The van der Waals surface area contributed by atoms with Crippen molar-refractivity contribution in [3.8, 4) is 0 Å². The molecule has 0 spiro atoms. The minimum Gasteiger partial charge on any atom is -0.387 e. The van der Waals surface area contributed by atoms with Crippen molar-refractivity contribution in [2.75, 3.05) is 13.1 Å². The smallest absolute Gasteiger partial charge is 0.269 e. The van der Waals surface area contributed by atoms with Crippen LogP contribution in [0.1, 0.15) is 44.3 Å². The number of nitrogens with one attached hydrogen (secondary N) is 1. The topological polar surface area (TPSA) is 75.4 Å². The lowest BCUT2D eigenvalue weighted by atomic mass is 9.80. The highest BCUT2D eigenvalue weighted by Crippen LogP contribution is 2.29. The van der Waals surface area contributed by atoms with Gasteiger partial charge in [0.05, 0.1) is 11.0 Å². The SMILES string of the molecule is CC1CCCCC1CNCC(O)c1ccc([N+](=O)[O-])cc1. The van der Waals surface area contributed by atoms with Crippen LogP contribution in [0.5, 0.6) is 0 Å². The van der Waals surface area contributed by atoms with Gasteiger partial charge in [0.25, 0.3) is 5.69 Å². The van der Waals surface area contributed by atoms with Crippen LogP contribution in [-0.4, -0.2) is 23.1 Å². The molecule has 0 radical (unpaired) electrons. The van der Waals surface area contributed by atoms with Crippen molar-refractivity contribution in [2.24, 2.45) is 11.8 Å². The van der Waals surface area contributed by atoms with Crippen molar-refractivity contribution in [3.63, 3.8) is 0 Å². The Bertz CT molecular complexity index is 461. The molecule has 0 amide bonds. The average Bonchev–Trinajstić information content (AvgIpc) is 2.49. The van der Waals surface area contributed by atoms with Crippen LogP contribution in [0.25, 0.3) is 0 Å². The zero-order valence-corrected chi connectivity index (χ0v) is 12.5. The Morgan fingerprint density at radius 3 is 2.62 bits per heavy atom. The normalized spacial score (nSPS) is 23.7. The van der Waals surface area contributed by atoms with E-state index in [4.69, 9.17) is 0 Å². The van der Waals surface area contributed by atoms with Crippen molar-refractivity contribution in [1.82, 2.24) is 5.32 Å². The number of nitro groups is 1. The van der Waals surface area contributed by atoms with Gasteiger partial charge in [-0.2, -0.15) is 0 Å².